The Bertz CT molecular complexity index is 148. The molecule has 0 saturated heterocycles. The normalized spacial score (nSPS) is 14.3. The van der Waals surface area contributed by atoms with Gasteiger partial charge < -0.3 is 5.11 Å². The second kappa shape index (κ2) is 5.14. The molecule has 0 bridgehead atoms. The van der Waals surface area contributed by atoms with E-state index in [9.17, 15) is 0 Å². The van der Waals surface area contributed by atoms with Crippen LogP contribution in [0.2, 0.25) is 0 Å². The number of allylic oxidation sites excluding steroid dienone is 3. The molecule has 0 aliphatic rings. The molecule has 0 heterocycles. The topological polar surface area (TPSA) is 20.2 Å². The third-order valence-electron chi connectivity index (χ3n) is 0.768. The van der Waals surface area contributed by atoms with Crippen LogP contribution in [0.1, 0.15) is 6.92 Å². The fraction of sp³-hybridized carbons (Fsp3) is 0.250. The minimum Gasteiger partial charge on any atom is -0.377 e. The smallest absolute Gasteiger partial charge is 0.133 e. The Morgan fingerprint density at radius 2 is 2.22 bits per heavy atom. The first-order valence-corrected chi connectivity index (χ1v) is 2.75. The van der Waals surface area contributed by atoms with Crippen LogP contribution in [0.15, 0.2) is 24.3 Å². The van der Waals surface area contributed by atoms with Gasteiger partial charge in [-0.2, -0.15) is 0 Å². The summed E-state index contributed by atoms with van der Waals surface area (Å²) in [6.07, 6.45) is 11.1. The first kappa shape index (κ1) is 8.00. The lowest BCUT2D eigenvalue weighted by Gasteiger charge is -1.88. The van der Waals surface area contributed by atoms with Crippen molar-refractivity contribution in [3.8, 4) is 12.3 Å². The van der Waals surface area contributed by atoms with Gasteiger partial charge >= 0.3 is 0 Å². The largest absolute Gasteiger partial charge is 0.377 e. The van der Waals surface area contributed by atoms with Crippen LogP contribution in [0.5, 0.6) is 0 Å². The van der Waals surface area contributed by atoms with Crippen molar-refractivity contribution in [2.24, 2.45) is 0 Å². The Labute approximate surface area is 55.7 Å². The summed E-state index contributed by atoms with van der Waals surface area (Å²) >= 11 is 0. The van der Waals surface area contributed by atoms with E-state index in [1.54, 1.807) is 18.2 Å². The van der Waals surface area contributed by atoms with Crippen LogP contribution in [0, 0.1) is 12.3 Å². The molecular formula is C8H10O. The highest BCUT2D eigenvalue weighted by atomic mass is 16.3. The second-order valence-corrected chi connectivity index (χ2v) is 1.52. The Kier molecular flexibility index (Phi) is 4.57. The molecule has 0 aromatic rings. The van der Waals surface area contributed by atoms with Gasteiger partial charge in [0.05, 0.1) is 0 Å². The molecule has 0 aliphatic carbocycles. The van der Waals surface area contributed by atoms with Crippen molar-refractivity contribution in [3.63, 3.8) is 0 Å². The van der Waals surface area contributed by atoms with E-state index in [4.69, 9.17) is 11.5 Å². The van der Waals surface area contributed by atoms with Crippen LogP contribution in [0.4, 0.5) is 0 Å². The highest BCUT2D eigenvalue weighted by Gasteiger charge is 1.84. The van der Waals surface area contributed by atoms with Crippen LogP contribution in [-0.4, -0.2) is 11.2 Å². The van der Waals surface area contributed by atoms with E-state index in [1.807, 2.05) is 13.0 Å². The number of rotatable bonds is 2. The van der Waals surface area contributed by atoms with Crippen molar-refractivity contribution < 1.29 is 5.11 Å². The van der Waals surface area contributed by atoms with Gasteiger partial charge in [0.25, 0.3) is 0 Å². The van der Waals surface area contributed by atoms with Crippen molar-refractivity contribution in [1.29, 1.82) is 0 Å². The van der Waals surface area contributed by atoms with Crippen molar-refractivity contribution in [3.05, 3.63) is 24.3 Å². The maximum Gasteiger partial charge on any atom is 0.133 e. The minimum atomic E-state index is -0.749. The van der Waals surface area contributed by atoms with Gasteiger partial charge in [-0.1, -0.05) is 24.1 Å². The third-order valence-corrected chi connectivity index (χ3v) is 0.768. The van der Waals surface area contributed by atoms with Gasteiger partial charge in [-0.15, -0.1) is 6.42 Å². The number of aliphatic hydroxyl groups excluding tert-OH is 1. The lowest BCUT2D eigenvalue weighted by Crippen LogP contribution is -1.94. The minimum absolute atomic E-state index is 0.749. The van der Waals surface area contributed by atoms with Gasteiger partial charge in [0, 0.05) is 0 Å². The molecule has 48 valence electrons. The standard InChI is InChI=1S/C8H10O/c1-3-5-6-7-8(9)4-2/h2-3,5-9H,1H3. The van der Waals surface area contributed by atoms with Crippen molar-refractivity contribution >= 4 is 0 Å². The van der Waals surface area contributed by atoms with E-state index in [0.29, 0.717) is 0 Å². The molecule has 0 aromatic heterocycles. The quantitative estimate of drug-likeness (QED) is 0.429. The Morgan fingerprint density at radius 1 is 1.56 bits per heavy atom. The van der Waals surface area contributed by atoms with Crippen LogP contribution in [0.3, 0.4) is 0 Å². The monoisotopic (exact) mass is 122 g/mol. The molecule has 0 spiro atoms. The van der Waals surface area contributed by atoms with Crippen LogP contribution >= 0.6 is 0 Å². The molecule has 0 radical (unpaired) electrons. The maximum atomic E-state index is 8.73. The summed E-state index contributed by atoms with van der Waals surface area (Å²) in [5.74, 6) is 2.16. The molecule has 1 N–H and O–H groups in total. The predicted octanol–water partition coefficient (Wildman–Crippen LogP) is 1.11. The lowest BCUT2D eigenvalue weighted by atomic mass is 10.3. The molecule has 1 unspecified atom stereocenters. The van der Waals surface area contributed by atoms with E-state index < -0.39 is 6.10 Å². The third kappa shape index (κ3) is 4.86. The zero-order chi connectivity index (χ0) is 7.11. The summed E-state index contributed by atoms with van der Waals surface area (Å²) < 4.78 is 0. The summed E-state index contributed by atoms with van der Waals surface area (Å²) in [5, 5.41) is 8.73. The zero-order valence-electron chi connectivity index (χ0n) is 5.41. The number of aliphatic hydroxyl groups is 1. The number of hydrogen-bond acceptors (Lipinski definition) is 1. The molecule has 0 fully saturated rings. The molecule has 1 atom stereocenters. The molecule has 9 heavy (non-hydrogen) atoms. The summed E-state index contributed by atoms with van der Waals surface area (Å²) in [4.78, 5) is 0. The SMILES string of the molecule is C#CC(O)C=CC=CC. The molecule has 1 heteroatoms. The first-order chi connectivity index (χ1) is 4.31. The fourth-order valence-electron chi connectivity index (χ4n) is 0.336. The van der Waals surface area contributed by atoms with Gasteiger partial charge in [0.1, 0.15) is 6.10 Å². The van der Waals surface area contributed by atoms with Crippen molar-refractivity contribution in [2.75, 3.05) is 0 Å². The van der Waals surface area contributed by atoms with Gasteiger partial charge in [0.2, 0.25) is 0 Å². The summed E-state index contributed by atoms with van der Waals surface area (Å²) in [5.41, 5.74) is 0. The van der Waals surface area contributed by atoms with Crippen molar-refractivity contribution in [2.45, 2.75) is 13.0 Å². The van der Waals surface area contributed by atoms with Gasteiger partial charge in [-0.25, -0.2) is 0 Å². The number of terminal acetylenes is 1. The Hall–Kier alpha value is -1.00. The van der Waals surface area contributed by atoms with E-state index in [0.717, 1.165) is 0 Å². The second-order valence-electron chi connectivity index (χ2n) is 1.52. The van der Waals surface area contributed by atoms with Gasteiger partial charge in [0.15, 0.2) is 0 Å². The summed E-state index contributed by atoms with van der Waals surface area (Å²) in [6.45, 7) is 1.90. The molecule has 1 nitrogen and oxygen atoms in total. The average molecular weight is 122 g/mol. The van der Waals surface area contributed by atoms with Crippen LogP contribution < -0.4 is 0 Å². The predicted molar refractivity (Wildman–Crippen MR) is 38.8 cm³/mol. The molecular weight excluding hydrogens is 112 g/mol. The van der Waals surface area contributed by atoms with Crippen LogP contribution in [0.25, 0.3) is 0 Å². The maximum absolute atomic E-state index is 8.73. The van der Waals surface area contributed by atoms with E-state index >= 15 is 0 Å². The van der Waals surface area contributed by atoms with E-state index in [1.165, 1.54) is 0 Å². The molecule has 0 aromatic carbocycles. The average Bonchev–Trinajstić information content (AvgIpc) is 1.89. The highest BCUT2D eigenvalue weighted by molar-refractivity contribution is 5.11. The summed E-state index contributed by atoms with van der Waals surface area (Å²) in [7, 11) is 0. The number of hydrogen-bond donors (Lipinski definition) is 1. The first-order valence-electron chi connectivity index (χ1n) is 2.75. The van der Waals surface area contributed by atoms with E-state index in [2.05, 4.69) is 5.92 Å². The highest BCUT2D eigenvalue weighted by Crippen LogP contribution is 1.83. The molecule has 0 saturated carbocycles. The fourth-order valence-corrected chi connectivity index (χ4v) is 0.336. The summed E-state index contributed by atoms with van der Waals surface area (Å²) in [6, 6.07) is 0. The zero-order valence-corrected chi connectivity index (χ0v) is 5.41. The van der Waals surface area contributed by atoms with Crippen molar-refractivity contribution in [1.82, 2.24) is 0 Å². The van der Waals surface area contributed by atoms with Gasteiger partial charge in [-0.3, -0.25) is 0 Å². The van der Waals surface area contributed by atoms with Gasteiger partial charge in [-0.05, 0) is 13.0 Å². The van der Waals surface area contributed by atoms with E-state index in [-0.39, 0.29) is 0 Å². The lowest BCUT2D eigenvalue weighted by molar-refractivity contribution is 0.281. The molecule has 0 aliphatic heterocycles. The molecule has 0 rings (SSSR count). The van der Waals surface area contributed by atoms with Crippen LogP contribution in [-0.2, 0) is 0 Å². The Morgan fingerprint density at radius 3 is 2.67 bits per heavy atom. The Balaban J connectivity index is 3.60. The molecule has 0 amide bonds.